The summed E-state index contributed by atoms with van der Waals surface area (Å²) >= 11 is 0. The number of allylic oxidation sites excluding steroid dienone is 1. The van der Waals surface area contributed by atoms with Crippen molar-refractivity contribution in [3.8, 4) is 0 Å². The molecule has 0 saturated carbocycles. The first kappa shape index (κ1) is 9.13. The van der Waals surface area contributed by atoms with Gasteiger partial charge in [-0.25, -0.2) is 0 Å². The maximum atomic E-state index is 5.09. The Morgan fingerprint density at radius 2 is 1.75 bits per heavy atom. The number of hydrogen-bond donors (Lipinski definition) is 0. The largest absolute Gasteiger partial charge is 0.501 e. The molecule has 0 unspecified atom stereocenters. The Morgan fingerprint density at radius 3 is 2.25 bits per heavy atom. The lowest BCUT2D eigenvalue weighted by molar-refractivity contribution is 0.187. The summed E-state index contributed by atoms with van der Waals surface area (Å²) in [6, 6.07) is 0. The van der Waals surface area contributed by atoms with Gasteiger partial charge in [0.25, 0.3) is 0 Å². The molecule has 0 aromatic rings. The molecule has 3 heteroatoms. The van der Waals surface area contributed by atoms with E-state index in [0.29, 0.717) is 6.42 Å². The van der Waals surface area contributed by atoms with E-state index in [0.717, 1.165) is 17.6 Å². The zero-order valence-electron chi connectivity index (χ0n) is 7.59. The molecule has 0 N–H and O–H groups in total. The molecular formula is C9H13O3. The third-order valence-electron chi connectivity index (χ3n) is 1.72. The molecule has 0 amide bonds. The second kappa shape index (κ2) is 4.16. The standard InChI is InChI=1S/C9H13O3/c1-10-7-4-8(11-2)6-9(5-7)12-3/h4-5H,6H2,1-3H3. The second-order valence-corrected chi connectivity index (χ2v) is 2.41. The van der Waals surface area contributed by atoms with Crippen LogP contribution in [0, 0.1) is 6.10 Å². The average molecular weight is 169 g/mol. The van der Waals surface area contributed by atoms with Crippen molar-refractivity contribution in [1.82, 2.24) is 0 Å². The van der Waals surface area contributed by atoms with Crippen molar-refractivity contribution in [2.45, 2.75) is 6.42 Å². The van der Waals surface area contributed by atoms with Crippen LogP contribution in [0.3, 0.4) is 0 Å². The normalized spacial score (nSPS) is 18.2. The SMILES string of the molecule is CO[C]1C=C(OC)C=C(OC)C1. The van der Waals surface area contributed by atoms with E-state index in [9.17, 15) is 0 Å². The summed E-state index contributed by atoms with van der Waals surface area (Å²) in [4.78, 5) is 0. The molecule has 0 spiro atoms. The first-order valence-corrected chi connectivity index (χ1v) is 3.70. The van der Waals surface area contributed by atoms with Crippen LogP contribution in [0.15, 0.2) is 23.7 Å². The topological polar surface area (TPSA) is 27.7 Å². The molecule has 0 aliphatic heterocycles. The Kier molecular flexibility index (Phi) is 3.17. The van der Waals surface area contributed by atoms with Crippen molar-refractivity contribution in [3.63, 3.8) is 0 Å². The average Bonchev–Trinajstić information content (AvgIpc) is 2.16. The molecule has 0 aromatic heterocycles. The van der Waals surface area contributed by atoms with Gasteiger partial charge in [0.15, 0.2) is 0 Å². The number of ether oxygens (including phenoxy) is 3. The first-order valence-electron chi connectivity index (χ1n) is 3.70. The highest BCUT2D eigenvalue weighted by atomic mass is 16.5. The van der Waals surface area contributed by atoms with Gasteiger partial charge < -0.3 is 14.2 Å². The van der Waals surface area contributed by atoms with E-state index in [1.54, 1.807) is 21.3 Å². The van der Waals surface area contributed by atoms with Gasteiger partial charge in [-0.05, 0) is 6.08 Å². The molecule has 0 bridgehead atoms. The van der Waals surface area contributed by atoms with E-state index >= 15 is 0 Å². The van der Waals surface area contributed by atoms with Gasteiger partial charge >= 0.3 is 0 Å². The Hall–Kier alpha value is -0.960. The lowest BCUT2D eigenvalue weighted by Gasteiger charge is -2.17. The third kappa shape index (κ3) is 2.01. The fourth-order valence-electron chi connectivity index (χ4n) is 1.01. The van der Waals surface area contributed by atoms with Crippen molar-refractivity contribution >= 4 is 0 Å². The van der Waals surface area contributed by atoms with Gasteiger partial charge in [-0.3, -0.25) is 0 Å². The Labute approximate surface area is 72.6 Å². The lowest BCUT2D eigenvalue weighted by Crippen LogP contribution is -2.06. The quantitative estimate of drug-likeness (QED) is 0.642. The van der Waals surface area contributed by atoms with Gasteiger partial charge in [-0.1, -0.05) is 0 Å². The van der Waals surface area contributed by atoms with Crippen LogP contribution >= 0.6 is 0 Å². The van der Waals surface area contributed by atoms with Crippen LogP contribution in [-0.4, -0.2) is 21.3 Å². The minimum absolute atomic E-state index is 0.694. The van der Waals surface area contributed by atoms with Crippen LogP contribution in [0.25, 0.3) is 0 Å². The highest BCUT2D eigenvalue weighted by Crippen LogP contribution is 2.25. The minimum Gasteiger partial charge on any atom is -0.501 e. The van der Waals surface area contributed by atoms with E-state index < -0.39 is 0 Å². The van der Waals surface area contributed by atoms with Crippen molar-refractivity contribution in [1.29, 1.82) is 0 Å². The van der Waals surface area contributed by atoms with Crippen LogP contribution in [0.5, 0.6) is 0 Å². The summed E-state index contributed by atoms with van der Waals surface area (Å²) in [7, 11) is 4.89. The number of methoxy groups -OCH3 is 3. The molecule has 0 atom stereocenters. The molecule has 0 heterocycles. The fourth-order valence-corrected chi connectivity index (χ4v) is 1.01. The van der Waals surface area contributed by atoms with Crippen molar-refractivity contribution in [3.05, 3.63) is 29.8 Å². The zero-order valence-corrected chi connectivity index (χ0v) is 7.59. The molecule has 0 fully saturated rings. The minimum atomic E-state index is 0.694. The van der Waals surface area contributed by atoms with E-state index in [-0.39, 0.29) is 0 Å². The van der Waals surface area contributed by atoms with Crippen LogP contribution in [0.1, 0.15) is 6.42 Å². The molecule has 1 aliphatic rings. The first-order chi connectivity index (χ1) is 5.80. The van der Waals surface area contributed by atoms with Crippen LogP contribution < -0.4 is 0 Å². The summed E-state index contributed by atoms with van der Waals surface area (Å²) in [6.07, 6.45) is 5.25. The van der Waals surface area contributed by atoms with Crippen molar-refractivity contribution in [2.24, 2.45) is 0 Å². The second-order valence-electron chi connectivity index (χ2n) is 2.41. The zero-order chi connectivity index (χ0) is 8.97. The van der Waals surface area contributed by atoms with Crippen molar-refractivity contribution in [2.75, 3.05) is 21.3 Å². The molecule has 0 aromatic carbocycles. The molecule has 1 rings (SSSR count). The van der Waals surface area contributed by atoms with Gasteiger partial charge in [0.2, 0.25) is 0 Å². The Balaban J connectivity index is 2.70. The van der Waals surface area contributed by atoms with Crippen LogP contribution in [0.2, 0.25) is 0 Å². The van der Waals surface area contributed by atoms with Gasteiger partial charge in [-0.2, -0.15) is 0 Å². The van der Waals surface area contributed by atoms with E-state index in [4.69, 9.17) is 14.2 Å². The number of hydrogen-bond acceptors (Lipinski definition) is 3. The van der Waals surface area contributed by atoms with Gasteiger partial charge in [0.05, 0.1) is 14.2 Å². The van der Waals surface area contributed by atoms with Crippen molar-refractivity contribution < 1.29 is 14.2 Å². The predicted molar refractivity (Wildman–Crippen MR) is 45.1 cm³/mol. The predicted octanol–water partition coefficient (Wildman–Crippen LogP) is 1.63. The number of rotatable bonds is 3. The lowest BCUT2D eigenvalue weighted by atomic mass is 10.1. The summed E-state index contributed by atoms with van der Waals surface area (Å²) in [6.45, 7) is 0. The summed E-state index contributed by atoms with van der Waals surface area (Å²) in [5.74, 6) is 1.61. The smallest absolute Gasteiger partial charge is 0.130 e. The van der Waals surface area contributed by atoms with E-state index in [1.807, 2.05) is 12.2 Å². The van der Waals surface area contributed by atoms with Crippen LogP contribution in [0.4, 0.5) is 0 Å². The summed E-state index contributed by atoms with van der Waals surface area (Å²) in [5.41, 5.74) is 0. The molecular weight excluding hydrogens is 156 g/mol. The maximum absolute atomic E-state index is 5.09. The molecule has 3 nitrogen and oxygen atoms in total. The third-order valence-corrected chi connectivity index (χ3v) is 1.72. The van der Waals surface area contributed by atoms with Gasteiger partial charge in [-0.15, -0.1) is 0 Å². The highest BCUT2D eigenvalue weighted by Gasteiger charge is 2.16. The molecule has 1 radical (unpaired) electrons. The molecule has 67 valence electrons. The summed E-state index contributed by atoms with van der Waals surface area (Å²) < 4.78 is 15.2. The highest BCUT2D eigenvalue weighted by molar-refractivity contribution is 5.28. The van der Waals surface area contributed by atoms with Gasteiger partial charge in [0, 0.05) is 19.6 Å². The molecule has 12 heavy (non-hydrogen) atoms. The monoisotopic (exact) mass is 169 g/mol. The van der Waals surface area contributed by atoms with E-state index in [1.165, 1.54) is 0 Å². The maximum Gasteiger partial charge on any atom is 0.130 e. The fraction of sp³-hybridized carbons (Fsp3) is 0.444. The van der Waals surface area contributed by atoms with Crippen LogP contribution in [-0.2, 0) is 14.2 Å². The molecule has 0 saturated heterocycles. The Morgan fingerprint density at radius 1 is 1.00 bits per heavy atom. The summed E-state index contributed by atoms with van der Waals surface area (Å²) in [5, 5.41) is 0. The molecule has 1 aliphatic carbocycles. The van der Waals surface area contributed by atoms with E-state index in [2.05, 4.69) is 0 Å². The Bertz CT molecular complexity index is 206. The van der Waals surface area contributed by atoms with Gasteiger partial charge in [0.1, 0.15) is 17.6 Å².